The van der Waals surface area contributed by atoms with E-state index >= 15 is 0 Å². The average molecular weight is 312 g/mol. The van der Waals surface area contributed by atoms with Crippen molar-refractivity contribution >= 4 is 33.1 Å². The van der Waals surface area contributed by atoms with Gasteiger partial charge in [-0.3, -0.25) is 4.79 Å². The molecule has 1 aromatic heterocycles. The highest BCUT2D eigenvalue weighted by molar-refractivity contribution is 7.16. The summed E-state index contributed by atoms with van der Waals surface area (Å²) < 4.78 is 12.0. The molecule has 1 amide bonds. The molecule has 0 aliphatic carbocycles. The monoisotopic (exact) mass is 312 g/mol. The van der Waals surface area contributed by atoms with Crippen LogP contribution in [0.2, 0.25) is 0 Å². The largest absolute Gasteiger partial charge is 0.486 e. The van der Waals surface area contributed by atoms with Gasteiger partial charge in [0.25, 0.3) is 5.91 Å². The van der Waals surface area contributed by atoms with E-state index in [4.69, 9.17) is 9.47 Å². The summed E-state index contributed by atoms with van der Waals surface area (Å²) in [5.74, 6) is 1.09. The number of nitrogens with zero attached hydrogens (tertiary/aromatic N) is 1. The molecule has 0 atom stereocenters. The number of carbonyl (C=O) groups excluding carboxylic acids is 1. The van der Waals surface area contributed by atoms with E-state index in [9.17, 15) is 4.79 Å². The van der Waals surface area contributed by atoms with Gasteiger partial charge >= 0.3 is 0 Å². The molecule has 0 saturated heterocycles. The van der Waals surface area contributed by atoms with Crippen molar-refractivity contribution in [3.63, 3.8) is 0 Å². The fraction of sp³-hybridized carbons (Fsp3) is 0.125. The number of hydrogen-bond acceptors (Lipinski definition) is 5. The van der Waals surface area contributed by atoms with Gasteiger partial charge in [0.05, 0.1) is 15.7 Å². The first kappa shape index (κ1) is 13.1. The second-order valence-corrected chi connectivity index (χ2v) is 5.73. The second-order valence-electron chi connectivity index (χ2n) is 4.85. The Labute approximate surface area is 130 Å². The van der Waals surface area contributed by atoms with Gasteiger partial charge in [0.2, 0.25) is 0 Å². The zero-order chi connectivity index (χ0) is 14.9. The van der Waals surface area contributed by atoms with E-state index < -0.39 is 0 Å². The Morgan fingerprint density at radius 1 is 1.09 bits per heavy atom. The van der Waals surface area contributed by atoms with Gasteiger partial charge in [-0.15, -0.1) is 11.3 Å². The van der Waals surface area contributed by atoms with Gasteiger partial charge in [-0.2, -0.15) is 0 Å². The summed E-state index contributed by atoms with van der Waals surface area (Å²) in [6, 6.07) is 10.9. The zero-order valence-corrected chi connectivity index (χ0v) is 12.4. The fourth-order valence-electron chi connectivity index (χ4n) is 2.32. The number of anilines is 1. The first-order chi connectivity index (χ1) is 10.8. The van der Waals surface area contributed by atoms with Gasteiger partial charge in [0.15, 0.2) is 11.5 Å². The Hall–Kier alpha value is -2.60. The van der Waals surface area contributed by atoms with Crippen LogP contribution < -0.4 is 14.8 Å². The van der Waals surface area contributed by atoms with E-state index in [1.165, 1.54) is 0 Å². The number of nitrogens with one attached hydrogen (secondary N) is 1. The van der Waals surface area contributed by atoms with Crippen LogP contribution in [0.3, 0.4) is 0 Å². The number of aromatic nitrogens is 1. The van der Waals surface area contributed by atoms with Crippen LogP contribution in [0.15, 0.2) is 41.9 Å². The summed E-state index contributed by atoms with van der Waals surface area (Å²) in [6.07, 6.45) is 0. The van der Waals surface area contributed by atoms with Gasteiger partial charge in [0, 0.05) is 11.3 Å². The van der Waals surface area contributed by atoms with Crippen LogP contribution in [0.5, 0.6) is 11.5 Å². The van der Waals surface area contributed by atoms with Crippen LogP contribution in [0, 0.1) is 0 Å². The Morgan fingerprint density at radius 2 is 1.95 bits per heavy atom. The zero-order valence-electron chi connectivity index (χ0n) is 11.5. The number of rotatable bonds is 2. The topological polar surface area (TPSA) is 60.5 Å². The number of ether oxygens (including phenoxy) is 2. The molecule has 1 aliphatic rings. The van der Waals surface area contributed by atoms with Crippen LogP contribution in [0.25, 0.3) is 10.2 Å². The fourth-order valence-corrected chi connectivity index (χ4v) is 2.98. The van der Waals surface area contributed by atoms with Gasteiger partial charge in [-0.25, -0.2) is 4.98 Å². The molecule has 2 heterocycles. The van der Waals surface area contributed by atoms with E-state index in [-0.39, 0.29) is 5.91 Å². The number of thiazole rings is 1. The first-order valence-corrected chi connectivity index (χ1v) is 7.72. The van der Waals surface area contributed by atoms with Crippen LogP contribution >= 0.6 is 11.3 Å². The minimum Gasteiger partial charge on any atom is -0.486 e. The first-order valence-electron chi connectivity index (χ1n) is 6.84. The van der Waals surface area contributed by atoms with Gasteiger partial charge < -0.3 is 14.8 Å². The van der Waals surface area contributed by atoms with Crippen molar-refractivity contribution in [1.29, 1.82) is 0 Å². The van der Waals surface area contributed by atoms with E-state index in [0.29, 0.717) is 30.3 Å². The molecule has 0 saturated carbocycles. The molecule has 22 heavy (non-hydrogen) atoms. The SMILES string of the molecule is O=C(Nc1ccc2scnc2c1)c1ccc2c(c1)OCCO2. The maximum Gasteiger partial charge on any atom is 0.255 e. The molecule has 1 N–H and O–H groups in total. The van der Waals surface area contributed by atoms with E-state index in [2.05, 4.69) is 10.3 Å². The summed E-state index contributed by atoms with van der Waals surface area (Å²) in [4.78, 5) is 16.6. The van der Waals surface area contributed by atoms with E-state index in [0.717, 1.165) is 15.9 Å². The Balaban J connectivity index is 1.58. The van der Waals surface area contributed by atoms with Gasteiger partial charge in [0.1, 0.15) is 13.2 Å². The van der Waals surface area contributed by atoms with Crippen LogP contribution in [0.1, 0.15) is 10.4 Å². The Kier molecular flexibility index (Phi) is 3.16. The molecule has 2 aromatic carbocycles. The number of fused-ring (bicyclic) bond motifs is 2. The summed E-state index contributed by atoms with van der Waals surface area (Å²) in [7, 11) is 0. The third kappa shape index (κ3) is 2.37. The van der Waals surface area contributed by atoms with Crippen LogP contribution in [0.4, 0.5) is 5.69 Å². The molecule has 110 valence electrons. The summed E-state index contributed by atoms with van der Waals surface area (Å²) in [5, 5.41) is 2.88. The molecule has 6 heteroatoms. The molecule has 4 rings (SSSR count). The maximum absolute atomic E-state index is 12.3. The number of carbonyl (C=O) groups is 1. The van der Waals surface area contributed by atoms with Crippen molar-refractivity contribution in [2.75, 3.05) is 18.5 Å². The predicted molar refractivity (Wildman–Crippen MR) is 85.0 cm³/mol. The molecule has 0 unspecified atom stereocenters. The third-order valence-corrected chi connectivity index (χ3v) is 4.20. The minimum absolute atomic E-state index is 0.188. The highest BCUT2D eigenvalue weighted by atomic mass is 32.1. The minimum atomic E-state index is -0.188. The third-order valence-electron chi connectivity index (χ3n) is 3.39. The normalized spacial score (nSPS) is 13.1. The van der Waals surface area contributed by atoms with Crippen LogP contribution in [-0.4, -0.2) is 24.1 Å². The van der Waals surface area contributed by atoms with Crippen molar-refractivity contribution in [3.05, 3.63) is 47.5 Å². The quantitative estimate of drug-likeness (QED) is 0.788. The second kappa shape index (κ2) is 5.31. The highest BCUT2D eigenvalue weighted by Crippen LogP contribution is 2.31. The number of hydrogen-bond donors (Lipinski definition) is 1. The molecule has 0 bridgehead atoms. The standard InChI is InChI=1S/C16H12N2O3S/c19-16(10-1-3-13-14(7-10)21-6-5-20-13)18-11-2-4-15-12(8-11)17-9-22-15/h1-4,7-9H,5-6H2,(H,18,19). The highest BCUT2D eigenvalue weighted by Gasteiger charge is 2.15. The smallest absolute Gasteiger partial charge is 0.255 e. The Bertz CT molecular complexity index is 859. The predicted octanol–water partition coefficient (Wildman–Crippen LogP) is 3.32. The van der Waals surface area contributed by atoms with Crippen molar-refractivity contribution in [1.82, 2.24) is 4.98 Å². The van der Waals surface area contributed by atoms with Crippen LogP contribution in [-0.2, 0) is 0 Å². The molecule has 0 fully saturated rings. The molecular weight excluding hydrogens is 300 g/mol. The molecule has 0 spiro atoms. The van der Waals surface area contributed by atoms with Crippen molar-refractivity contribution in [2.24, 2.45) is 0 Å². The van der Waals surface area contributed by atoms with Crippen molar-refractivity contribution < 1.29 is 14.3 Å². The number of benzene rings is 2. The van der Waals surface area contributed by atoms with Crippen molar-refractivity contribution in [3.8, 4) is 11.5 Å². The lowest BCUT2D eigenvalue weighted by molar-refractivity contribution is 0.102. The molecule has 1 aliphatic heterocycles. The molecule has 3 aromatic rings. The van der Waals surface area contributed by atoms with Crippen molar-refractivity contribution in [2.45, 2.75) is 0 Å². The van der Waals surface area contributed by atoms with E-state index in [1.807, 2.05) is 18.2 Å². The molecule has 5 nitrogen and oxygen atoms in total. The Morgan fingerprint density at radius 3 is 2.86 bits per heavy atom. The summed E-state index contributed by atoms with van der Waals surface area (Å²) in [5.41, 5.74) is 3.92. The molecule has 0 radical (unpaired) electrons. The lowest BCUT2D eigenvalue weighted by Crippen LogP contribution is -2.17. The summed E-state index contributed by atoms with van der Waals surface area (Å²) in [6.45, 7) is 1.03. The summed E-state index contributed by atoms with van der Waals surface area (Å²) >= 11 is 1.57. The molecular formula is C16H12N2O3S. The number of amides is 1. The van der Waals surface area contributed by atoms with Gasteiger partial charge in [-0.1, -0.05) is 0 Å². The lowest BCUT2D eigenvalue weighted by atomic mass is 10.1. The van der Waals surface area contributed by atoms with E-state index in [1.54, 1.807) is 35.0 Å². The maximum atomic E-state index is 12.3. The van der Waals surface area contributed by atoms with Gasteiger partial charge in [-0.05, 0) is 36.4 Å². The average Bonchev–Trinajstić information content (AvgIpc) is 3.02. The lowest BCUT2D eigenvalue weighted by Gasteiger charge is -2.18.